The Labute approximate surface area is 103 Å². The van der Waals surface area contributed by atoms with Gasteiger partial charge in [0, 0.05) is 10.0 Å². The summed E-state index contributed by atoms with van der Waals surface area (Å²) in [7, 11) is 0. The van der Waals surface area contributed by atoms with Crippen LogP contribution in [0.3, 0.4) is 0 Å². The molecular formula is C9H5BrClFN2S. The Morgan fingerprint density at radius 3 is 2.80 bits per heavy atom. The van der Waals surface area contributed by atoms with Crippen molar-refractivity contribution < 1.29 is 4.39 Å². The maximum Gasteiger partial charge on any atom is 0.148 e. The first-order chi connectivity index (χ1) is 7.20. The fourth-order valence-electron chi connectivity index (χ4n) is 1.08. The van der Waals surface area contributed by atoms with Crippen molar-refractivity contribution in [2.75, 3.05) is 0 Å². The van der Waals surface area contributed by atoms with Gasteiger partial charge in [-0.2, -0.15) is 0 Å². The zero-order valence-corrected chi connectivity index (χ0v) is 10.5. The molecule has 0 fully saturated rings. The van der Waals surface area contributed by atoms with E-state index in [0.29, 0.717) is 10.4 Å². The highest BCUT2D eigenvalue weighted by molar-refractivity contribution is 9.10. The summed E-state index contributed by atoms with van der Waals surface area (Å²) in [4.78, 5) is 0. The third-order valence-corrected chi connectivity index (χ3v) is 3.77. The second kappa shape index (κ2) is 4.55. The van der Waals surface area contributed by atoms with Crippen molar-refractivity contribution in [3.05, 3.63) is 33.5 Å². The van der Waals surface area contributed by atoms with Crippen LogP contribution in [0.1, 0.15) is 5.01 Å². The normalized spacial score (nSPS) is 10.6. The number of alkyl halides is 1. The van der Waals surface area contributed by atoms with E-state index < -0.39 is 0 Å². The molecule has 0 saturated heterocycles. The molecule has 1 aromatic heterocycles. The first kappa shape index (κ1) is 11.0. The van der Waals surface area contributed by atoms with Gasteiger partial charge in [0.1, 0.15) is 15.8 Å². The van der Waals surface area contributed by atoms with Crippen LogP contribution in [0.4, 0.5) is 4.39 Å². The molecule has 0 atom stereocenters. The predicted octanol–water partition coefficient (Wildman–Crippen LogP) is 3.85. The lowest BCUT2D eigenvalue weighted by atomic mass is 10.2. The van der Waals surface area contributed by atoms with Gasteiger partial charge in [-0.1, -0.05) is 11.3 Å². The molecule has 78 valence electrons. The van der Waals surface area contributed by atoms with Gasteiger partial charge >= 0.3 is 0 Å². The minimum atomic E-state index is -0.285. The predicted molar refractivity (Wildman–Crippen MR) is 62.6 cm³/mol. The second-order valence-electron chi connectivity index (χ2n) is 2.76. The highest BCUT2D eigenvalue weighted by atomic mass is 79.9. The van der Waals surface area contributed by atoms with Gasteiger partial charge in [-0.15, -0.1) is 21.8 Å². The topological polar surface area (TPSA) is 25.8 Å². The standard InChI is InChI=1S/C9H5BrClFN2S/c10-7-3-5(12)1-2-6(7)9-14-13-8(4-11)15-9/h1-3H,4H2. The minimum absolute atomic E-state index is 0.285. The molecule has 0 spiro atoms. The van der Waals surface area contributed by atoms with Gasteiger partial charge in [0.2, 0.25) is 0 Å². The largest absolute Gasteiger partial charge is 0.207 e. The summed E-state index contributed by atoms with van der Waals surface area (Å²) in [5, 5.41) is 9.36. The van der Waals surface area contributed by atoms with E-state index in [1.807, 2.05) is 0 Å². The van der Waals surface area contributed by atoms with Crippen LogP contribution in [0.2, 0.25) is 0 Å². The van der Waals surface area contributed by atoms with Crippen molar-refractivity contribution in [1.82, 2.24) is 10.2 Å². The lowest BCUT2D eigenvalue weighted by Crippen LogP contribution is -1.81. The van der Waals surface area contributed by atoms with Gasteiger partial charge in [0.25, 0.3) is 0 Å². The van der Waals surface area contributed by atoms with E-state index in [2.05, 4.69) is 26.1 Å². The molecule has 15 heavy (non-hydrogen) atoms. The molecule has 6 heteroatoms. The van der Waals surface area contributed by atoms with Crippen molar-refractivity contribution >= 4 is 38.9 Å². The fraction of sp³-hybridized carbons (Fsp3) is 0.111. The Hall–Kier alpha value is -0.520. The molecule has 1 aromatic carbocycles. The zero-order valence-electron chi connectivity index (χ0n) is 7.38. The summed E-state index contributed by atoms with van der Waals surface area (Å²) < 4.78 is 13.5. The number of nitrogens with zero attached hydrogens (tertiary/aromatic N) is 2. The molecule has 0 bridgehead atoms. The lowest BCUT2D eigenvalue weighted by molar-refractivity contribution is 0.627. The molecule has 0 amide bonds. The molecule has 2 nitrogen and oxygen atoms in total. The van der Waals surface area contributed by atoms with Gasteiger partial charge in [0.15, 0.2) is 0 Å². The smallest absolute Gasteiger partial charge is 0.148 e. The van der Waals surface area contributed by atoms with Crippen molar-refractivity contribution in [3.63, 3.8) is 0 Å². The highest BCUT2D eigenvalue weighted by Crippen LogP contribution is 2.31. The third-order valence-electron chi connectivity index (χ3n) is 1.74. The molecule has 0 aliphatic carbocycles. The van der Waals surface area contributed by atoms with Crippen LogP contribution in [-0.4, -0.2) is 10.2 Å². The van der Waals surface area contributed by atoms with Gasteiger partial charge in [-0.05, 0) is 34.1 Å². The van der Waals surface area contributed by atoms with E-state index in [1.54, 1.807) is 6.07 Å². The zero-order chi connectivity index (χ0) is 10.8. The van der Waals surface area contributed by atoms with Gasteiger partial charge in [-0.3, -0.25) is 0 Å². The highest BCUT2D eigenvalue weighted by Gasteiger charge is 2.09. The SMILES string of the molecule is Fc1ccc(-c2nnc(CCl)s2)c(Br)c1. The van der Waals surface area contributed by atoms with Crippen LogP contribution < -0.4 is 0 Å². The second-order valence-corrected chi connectivity index (χ2v) is 4.94. The maximum absolute atomic E-state index is 12.9. The van der Waals surface area contributed by atoms with Crippen LogP contribution >= 0.6 is 38.9 Å². The Morgan fingerprint density at radius 2 is 2.20 bits per heavy atom. The van der Waals surface area contributed by atoms with E-state index in [1.165, 1.54) is 23.5 Å². The number of aromatic nitrogens is 2. The number of hydrogen-bond acceptors (Lipinski definition) is 3. The summed E-state index contributed by atoms with van der Waals surface area (Å²) in [5.41, 5.74) is 0.824. The quantitative estimate of drug-likeness (QED) is 0.788. The Morgan fingerprint density at radius 1 is 1.40 bits per heavy atom. The molecule has 2 aromatic rings. The van der Waals surface area contributed by atoms with E-state index in [9.17, 15) is 4.39 Å². The summed E-state index contributed by atoms with van der Waals surface area (Å²) in [6.07, 6.45) is 0. The van der Waals surface area contributed by atoms with E-state index in [0.717, 1.165) is 15.6 Å². The van der Waals surface area contributed by atoms with Crippen molar-refractivity contribution in [1.29, 1.82) is 0 Å². The van der Waals surface area contributed by atoms with E-state index in [4.69, 9.17) is 11.6 Å². The van der Waals surface area contributed by atoms with Crippen LogP contribution in [0.5, 0.6) is 0 Å². The van der Waals surface area contributed by atoms with E-state index in [-0.39, 0.29) is 5.82 Å². The molecule has 0 aliphatic heterocycles. The molecule has 0 unspecified atom stereocenters. The van der Waals surface area contributed by atoms with Crippen LogP contribution in [0, 0.1) is 5.82 Å². The molecule has 0 radical (unpaired) electrons. The van der Waals surface area contributed by atoms with Crippen molar-refractivity contribution in [3.8, 4) is 10.6 Å². The maximum atomic E-state index is 12.9. The van der Waals surface area contributed by atoms with Crippen LogP contribution in [0.25, 0.3) is 10.6 Å². The molecule has 0 saturated carbocycles. The Balaban J connectivity index is 2.44. The molecule has 0 aliphatic rings. The van der Waals surface area contributed by atoms with Crippen LogP contribution in [-0.2, 0) is 5.88 Å². The Kier molecular flexibility index (Phi) is 3.33. The monoisotopic (exact) mass is 306 g/mol. The summed E-state index contributed by atoms with van der Waals surface area (Å²) in [6, 6.07) is 4.46. The van der Waals surface area contributed by atoms with E-state index >= 15 is 0 Å². The van der Waals surface area contributed by atoms with Gasteiger partial charge in [-0.25, -0.2) is 4.39 Å². The molecular weight excluding hydrogens is 303 g/mol. The van der Waals surface area contributed by atoms with Gasteiger partial charge in [0.05, 0.1) is 5.88 Å². The summed E-state index contributed by atoms with van der Waals surface area (Å²) in [5.74, 6) is 0.0592. The first-order valence-corrected chi connectivity index (χ1v) is 6.19. The average molecular weight is 308 g/mol. The molecule has 2 rings (SSSR count). The summed E-state index contributed by atoms with van der Waals surface area (Å²) >= 11 is 10.3. The molecule has 1 heterocycles. The Bertz CT molecular complexity index is 489. The fourth-order valence-corrected chi connectivity index (χ4v) is 2.70. The summed E-state index contributed by atoms with van der Waals surface area (Å²) in [6.45, 7) is 0. The average Bonchev–Trinajstić information content (AvgIpc) is 2.66. The number of halogens is 3. The third kappa shape index (κ3) is 2.35. The van der Waals surface area contributed by atoms with Crippen molar-refractivity contribution in [2.24, 2.45) is 0 Å². The van der Waals surface area contributed by atoms with Gasteiger partial charge < -0.3 is 0 Å². The van der Waals surface area contributed by atoms with Crippen LogP contribution in [0.15, 0.2) is 22.7 Å². The first-order valence-electron chi connectivity index (χ1n) is 4.04. The number of rotatable bonds is 2. The number of hydrogen-bond donors (Lipinski definition) is 0. The van der Waals surface area contributed by atoms with Crippen molar-refractivity contribution in [2.45, 2.75) is 5.88 Å². The minimum Gasteiger partial charge on any atom is -0.207 e. The molecule has 0 N–H and O–H groups in total. The number of benzene rings is 1. The lowest BCUT2D eigenvalue weighted by Gasteiger charge is -1.98.